The maximum atomic E-state index is 13.7. The molecule has 0 aliphatic carbocycles. The summed E-state index contributed by atoms with van der Waals surface area (Å²) in [5, 5.41) is 2.76. The predicted molar refractivity (Wildman–Crippen MR) is 79.5 cm³/mol. The van der Waals surface area contributed by atoms with Gasteiger partial charge in [0.15, 0.2) is 0 Å². The molecular weight excluding hydrogens is 255 g/mol. The fourth-order valence-electron chi connectivity index (χ4n) is 2.03. The zero-order valence-corrected chi connectivity index (χ0v) is 12.3. The first-order valence-corrected chi connectivity index (χ1v) is 7.41. The number of unbranched alkanes of at least 4 members (excludes halogenated alkanes) is 4. The normalized spacial score (nSPS) is 10.6. The van der Waals surface area contributed by atoms with Gasteiger partial charge in [-0.15, -0.1) is 0 Å². The number of benzene rings is 1. The van der Waals surface area contributed by atoms with Gasteiger partial charge in [-0.25, -0.2) is 4.39 Å². The van der Waals surface area contributed by atoms with Gasteiger partial charge in [0, 0.05) is 25.1 Å². The van der Waals surface area contributed by atoms with E-state index in [0.717, 1.165) is 18.4 Å². The highest BCUT2D eigenvalue weighted by Gasteiger charge is 2.05. The van der Waals surface area contributed by atoms with E-state index in [1.165, 1.54) is 25.3 Å². The Morgan fingerprint density at radius 3 is 2.65 bits per heavy atom. The molecule has 0 spiro atoms. The van der Waals surface area contributed by atoms with Crippen LogP contribution in [0.25, 0.3) is 0 Å². The van der Waals surface area contributed by atoms with Gasteiger partial charge in [0.2, 0.25) is 5.91 Å². The van der Waals surface area contributed by atoms with Crippen LogP contribution in [0.5, 0.6) is 0 Å². The molecule has 1 aromatic rings. The van der Waals surface area contributed by atoms with Crippen molar-refractivity contribution in [1.29, 1.82) is 0 Å². The number of nitrogens with two attached hydrogens (primary N) is 1. The number of carbonyl (C=O) groups excluding carboxylic acids is 1. The molecule has 0 saturated carbocycles. The molecule has 0 radical (unpaired) electrons. The van der Waals surface area contributed by atoms with Crippen molar-refractivity contribution in [2.24, 2.45) is 5.73 Å². The molecule has 3 nitrogen and oxygen atoms in total. The predicted octanol–water partition coefficient (Wildman–Crippen LogP) is 3.26. The molecule has 4 heteroatoms. The van der Waals surface area contributed by atoms with Crippen LogP contribution in [0.4, 0.5) is 4.39 Å². The minimum Gasteiger partial charge on any atom is -0.352 e. The average Bonchev–Trinajstić information content (AvgIpc) is 2.45. The second kappa shape index (κ2) is 9.48. The number of nitrogens with one attached hydrogen (secondary N) is 1. The van der Waals surface area contributed by atoms with Crippen LogP contribution in [0.1, 0.15) is 56.6 Å². The van der Waals surface area contributed by atoms with Gasteiger partial charge in [0.25, 0.3) is 0 Å². The summed E-state index contributed by atoms with van der Waals surface area (Å²) in [7, 11) is 0. The molecule has 1 amide bonds. The Balaban J connectivity index is 2.27. The summed E-state index contributed by atoms with van der Waals surface area (Å²) >= 11 is 0. The minimum atomic E-state index is -0.309. The van der Waals surface area contributed by atoms with Gasteiger partial charge in [-0.1, -0.05) is 44.7 Å². The lowest BCUT2D eigenvalue weighted by Gasteiger charge is -2.07. The summed E-state index contributed by atoms with van der Waals surface area (Å²) < 4.78 is 13.7. The quantitative estimate of drug-likeness (QED) is 0.682. The van der Waals surface area contributed by atoms with Gasteiger partial charge in [-0.3, -0.25) is 4.79 Å². The van der Waals surface area contributed by atoms with E-state index < -0.39 is 0 Å². The van der Waals surface area contributed by atoms with E-state index in [1.54, 1.807) is 12.1 Å². The standard InChI is InChI=1S/C16H25FN2O/c1-2-3-4-5-6-7-16(20)19-12-14-9-8-13(11-18)10-15(14)17/h8-10H,2-7,11-12,18H2,1H3,(H,19,20). The van der Waals surface area contributed by atoms with Gasteiger partial charge in [0.05, 0.1) is 0 Å². The summed E-state index contributed by atoms with van der Waals surface area (Å²) in [6, 6.07) is 4.89. The molecule has 1 rings (SSSR count). The largest absolute Gasteiger partial charge is 0.352 e. The Hall–Kier alpha value is -1.42. The molecule has 0 fully saturated rings. The highest BCUT2D eigenvalue weighted by Crippen LogP contribution is 2.10. The number of amides is 1. The third-order valence-electron chi connectivity index (χ3n) is 3.34. The van der Waals surface area contributed by atoms with Crippen LogP contribution in [0, 0.1) is 5.82 Å². The van der Waals surface area contributed by atoms with Gasteiger partial charge >= 0.3 is 0 Å². The van der Waals surface area contributed by atoms with Crippen LogP contribution >= 0.6 is 0 Å². The van der Waals surface area contributed by atoms with Crippen molar-refractivity contribution < 1.29 is 9.18 Å². The second-order valence-corrected chi connectivity index (χ2v) is 5.07. The third-order valence-corrected chi connectivity index (χ3v) is 3.34. The topological polar surface area (TPSA) is 55.1 Å². The van der Waals surface area contributed by atoms with Crippen LogP contribution in [0.15, 0.2) is 18.2 Å². The molecule has 0 aliphatic heterocycles. The van der Waals surface area contributed by atoms with E-state index >= 15 is 0 Å². The van der Waals surface area contributed by atoms with E-state index in [2.05, 4.69) is 12.2 Å². The molecule has 1 aromatic carbocycles. The molecular formula is C16H25FN2O. The maximum Gasteiger partial charge on any atom is 0.220 e. The Bertz CT molecular complexity index is 421. The molecule has 20 heavy (non-hydrogen) atoms. The molecule has 0 aliphatic rings. The molecule has 0 saturated heterocycles. The van der Waals surface area contributed by atoms with E-state index in [1.807, 2.05) is 0 Å². The van der Waals surface area contributed by atoms with Crippen LogP contribution in [-0.2, 0) is 17.9 Å². The van der Waals surface area contributed by atoms with Crippen LogP contribution in [0.3, 0.4) is 0 Å². The molecule has 0 bridgehead atoms. The van der Waals surface area contributed by atoms with E-state index in [-0.39, 0.29) is 18.3 Å². The first-order valence-electron chi connectivity index (χ1n) is 7.41. The number of halogens is 1. The van der Waals surface area contributed by atoms with Crippen LogP contribution < -0.4 is 11.1 Å². The Morgan fingerprint density at radius 1 is 1.25 bits per heavy atom. The zero-order valence-electron chi connectivity index (χ0n) is 12.3. The lowest BCUT2D eigenvalue weighted by Crippen LogP contribution is -2.23. The van der Waals surface area contributed by atoms with Gasteiger partial charge in [0.1, 0.15) is 5.82 Å². The summed E-state index contributed by atoms with van der Waals surface area (Å²) in [5.74, 6) is -0.319. The van der Waals surface area contributed by atoms with Crippen molar-refractivity contribution >= 4 is 5.91 Å². The fraction of sp³-hybridized carbons (Fsp3) is 0.562. The second-order valence-electron chi connectivity index (χ2n) is 5.07. The molecule has 0 atom stereocenters. The molecule has 0 unspecified atom stereocenters. The minimum absolute atomic E-state index is 0.0104. The van der Waals surface area contributed by atoms with E-state index in [9.17, 15) is 9.18 Å². The van der Waals surface area contributed by atoms with Crippen molar-refractivity contribution in [3.8, 4) is 0 Å². The monoisotopic (exact) mass is 280 g/mol. The number of carbonyl (C=O) groups is 1. The molecule has 112 valence electrons. The maximum absolute atomic E-state index is 13.7. The van der Waals surface area contributed by atoms with Crippen LogP contribution in [0.2, 0.25) is 0 Å². The van der Waals surface area contributed by atoms with Crippen molar-refractivity contribution in [1.82, 2.24) is 5.32 Å². The van der Waals surface area contributed by atoms with Gasteiger partial charge in [-0.2, -0.15) is 0 Å². The Labute approximate surface area is 120 Å². The lowest BCUT2D eigenvalue weighted by molar-refractivity contribution is -0.121. The van der Waals surface area contributed by atoms with E-state index in [4.69, 9.17) is 5.73 Å². The number of hydrogen-bond acceptors (Lipinski definition) is 2. The first kappa shape index (κ1) is 16.6. The Morgan fingerprint density at radius 2 is 2.00 bits per heavy atom. The van der Waals surface area contributed by atoms with Gasteiger partial charge in [-0.05, 0) is 18.1 Å². The smallest absolute Gasteiger partial charge is 0.220 e. The average molecular weight is 280 g/mol. The summed E-state index contributed by atoms with van der Waals surface area (Å²) in [4.78, 5) is 11.6. The first-order chi connectivity index (χ1) is 9.67. The molecule has 0 aromatic heterocycles. The summed E-state index contributed by atoms with van der Waals surface area (Å²) in [6.07, 6.45) is 6.11. The van der Waals surface area contributed by atoms with E-state index in [0.29, 0.717) is 18.5 Å². The van der Waals surface area contributed by atoms with Crippen molar-refractivity contribution in [3.05, 3.63) is 35.1 Å². The highest BCUT2D eigenvalue weighted by atomic mass is 19.1. The number of rotatable bonds is 9. The fourth-order valence-corrected chi connectivity index (χ4v) is 2.03. The Kier molecular flexibility index (Phi) is 7.88. The van der Waals surface area contributed by atoms with Crippen molar-refractivity contribution in [3.63, 3.8) is 0 Å². The van der Waals surface area contributed by atoms with Gasteiger partial charge < -0.3 is 11.1 Å². The molecule has 0 heterocycles. The third kappa shape index (κ3) is 6.15. The zero-order chi connectivity index (χ0) is 14.8. The van der Waals surface area contributed by atoms with Crippen LogP contribution in [-0.4, -0.2) is 5.91 Å². The SMILES string of the molecule is CCCCCCCC(=O)NCc1ccc(CN)cc1F. The van der Waals surface area contributed by atoms with Crippen molar-refractivity contribution in [2.45, 2.75) is 58.5 Å². The number of hydrogen-bond donors (Lipinski definition) is 2. The lowest BCUT2D eigenvalue weighted by atomic mass is 10.1. The highest BCUT2D eigenvalue weighted by molar-refractivity contribution is 5.75. The molecule has 3 N–H and O–H groups in total. The summed E-state index contributed by atoms with van der Waals surface area (Å²) in [6.45, 7) is 2.73. The summed E-state index contributed by atoms with van der Waals surface area (Å²) in [5.41, 5.74) is 6.70. The van der Waals surface area contributed by atoms with Crippen molar-refractivity contribution in [2.75, 3.05) is 0 Å².